The Hall–Kier alpha value is 0.0500. The van der Waals surface area contributed by atoms with Crippen LogP contribution in [0.1, 0.15) is 5.56 Å². The summed E-state index contributed by atoms with van der Waals surface area (Å²) in [7, 11) is 4.32. The highest BCUT2D eigenvalue weighted by atomic mass is 127. The van der Waals surface area contributed by atoms with Gasteiger partial charge in [-0.25, -0.2) is 0 Å². The second-order valence-corrected chi connectivity index (χ2v) is 6.00. The van der Waals surface area contributed by atoms with Crippen LogP contribution in [0.15, 0.2) is 24.3 Å². The van der Waals surface area contributed by atoms with Crippen molar-refractivity contribution in [3.63, 3.8) is 0 Å². The van der Waals surface area contributed by atoms with E-state index in [1.807, 2.05) is 12.1 Å². The number of terminal acetylenes is 1. The van der Waals surface area contributed by atoms with Gasteiger partial charge in [0.2, 0.25) is 0 Å². The summed E-state index contributed by atoms with van der Waals surface area (Å²) in [6.07, 6.45) is 6.48. The fraction of sp³-hybridized carbons (Fsp3) is 0.385. The van der Waals surface area contributed by atoms with Crippen molar-refractivity contribution in [2.24, 2.45) is 0 Å². The Morgan fingerprint density at radius 2 is 1.88 bits per heavy atom. The van der Waals surface area contributed by atoms with Crippen LogP contribution in [0, 0.1) is 12.3 Å². The third-order valence-corrected chi connectivity index (χ3v) is 4.76. The molecule has 17 heavy (non-hydrogen) atoms. The maximum absolute atomic E-state index is 5.84. The molecule has 4 heteroatoms. The van der Waals surface area contributed by atoms with Gasteiger partial charge in [-0.15, -0.1) is 6.42 Å². The second-order valence-electron chi connectivity index (χ2n) is 4.38. The van der Waals surface area contributed by atoms with E-state index in [4.69, 9.17) is 18.0 Å². The maximum atomic E-state index is 5.84. The van der Waals surface area contributed by atoms with E-state index < -0.39 is 0 Å². The summed E-state index contributed by atoms with van der Waals surface area (Å²) in [5, 5.41) is 0.785. The molecule has 1 rings (SSSR count). The van der Waals surface area contributed by atoms with Gasteiger partial charge in [0.1, 0.15) is 0 Å². The molecule has 0 saturated carbocycles. The molecule has 0 aliphatic carbocycles. The molecule has 1 unspecified atom stereocenters. The van der Waals surface area contributed by atoms with E-state index in [-0.39, 0.29) is 16.5 Å². The van der Waals surface area contributed by atoms with E-state index in [1.54, 1.807) is 0 Å². The van der Waals surface area contributed by atoms with Gasteiger partial charge in [0.25, 0.3) is 0 Å². The lowest BCUT2D eigenvalue weighted by molar-refractivity contribution is -0.888. The monoisotopic (exact) mass is 383 g/mol. The van der Waals surface area contributed by atoms with Gasteiger partial charge in [0.05, 0.1) is 20.6 Å². The molecule has 1 atom stereocenters. The molecule has 0 saturated heterocycles. The van der Waals surface area contributed by atoms with Crippen LogP contribution in [0.5, 0.6) is 0 Å². The predicted octanol–water partition coefficient (Wildman–Crippen LogP) is 0.357. The Morgan fingerprint density at radius 1 is 1.35 bits per heavy atom. The molecule has 0 heterocycles. The fourth-order valence-corrected chi connectivity index (χ4v) is 1.79. The lowest BCUT2D eigenvalue weighted by Crippen LogP contribution is -3.00. The van der Waals surface area contributed by atoms with Gasteiger partial charge in [-0.1, -0.05) is 23.7 Å². The molecule has 0 aromatic heterocycles. The van der Waals surface area contributed by atoms with Crippen LogP contribution in [0.3, 0.4) is 0 Å². The highest BCUT2D eigenvalue weighted by Crippen LogP contribution is 2.16. The molecule has 0 spiro atoms. The van der Waals surface area contributed by atoms with Crippen LogP contribution < -0.4 is 12.4 Å². The van der Waals surface area contributed by atoms with Crippen molar-refractivity contribution in [1.29, 1.82) is 0 Å². The Morgan fingerprint density at radius 3 is 2.35 bits per heavy atom. The minimum Gasteiger partial charge on any atom is -1.00 e. The summed E-state index contributed by atoms with van der Waals surface area (Å²) in [5.74, 6) is 2.79. The van der Waals surface area contributed by atoms with Crippen molar-refractivity contribution in [2.75, 3.05) is 20.6 Å². The molecule has 94 valence electrons. The van der Waals surface area contributed by atoms with E-state index in [2.05, 4.69) is 54.7 Å². The molecule has 0 N–H and O–H groups in total. The highest BCUT2D eigenvalue weighted by Gasteiger charge is 2.22. The Balaban J connectivity index is 0.00000256. The molecule has 0 amide bonds. The average Bonchev–Trinajstić information content (AvgIpc) is 2.27. The first-order chi connectivity index (χ1) is 7.45. The van der Waals surface area contributed by atoms with Crippen molar-refractivity contribution in [3.05, 3.63) is 34.9 Å². The van der Waals surface area contributed by atoms with Gasteiger partial charge in [0.15, 0.2) is 4.05 Å². The third-order valence-electron chi connectivity index (χ3n) is 2.64. The van der Waals surface area contributed by atoms with Crippen LogP contribution in [-0.4, -0.2) is 29.2 Å². The minimum absolute atomic E-state index is 0. The quantitative estimate of drug-likeness (QED) is 0.231. The van der Waals surface area contributed by atoms with E-state index >= 15 is 0 Å². The number of rotatable bonds is 4. The zero-order valence-corrected chi connectivity index (χ0v) is 13.6. The lowest BCUT2D eigenvalue weighted by atomic mass is 10.1. The van der Waals surface area contributed by atoms with Crippen molar-refractivity contribution < 1.29 is 16.9 Å². The normalized spacial score (nSPS) is 12.4. The molecule has 0 fully saturated rings. The molecule has 1 aromatic rings. The van der Waals surface area contributed by atoms with Crippen LogP contribution in [0.2, 0.25) is 5.02 Å². The lowest BCUT2D eigenvalue weighted by Gasteiger charge is -2.32. The summed E-state index contributed by atoms with van der Waals surface area (Å²) in [6.45, 7) is 1.03. The predicted molar refractivity (Wildman–Crippen MR) is 78.8 cm³/mol. The molecular formula is C13H16Cl2IN. The average molecular weight is 384 g/mol. The SMILES string of the molecule is C#CC(I)[N+](C)(C)CCc1ccc(Cl)cc1.[Cl-]. The molecule has 0 aliphatic rings. The molecule has 0 bridgehead atoms. The van der Waals surface area contributed by atoms with Crippen LogP contribution in [0.25, 0.3) is 0 Å². The summed E-state index contributed by atoms with van der Waals surface area (Å²) in [6, 6.07) is 8.00. The van der Waals surface area contributed by atoms with Crippen molar-refractivity contribution in [2.45, 2.75) is 10.5 Å². The van der Waals surface area contributed by atoms with Gasteiger partial charge in [-0.3, -0.25) is 0 Å². The topological polar surface area (TPSA) is 0 Å². The molecular weight excluding hydrogens is 368 g/mol. The molecule has 0 aliphatic heterocycles. The number of nitrogens with zero attached hydrogens (tertiary/aromatic N) is 1. The van der Waals surface area contributed by atoms with Gasteiger partial charge in [-0.05, 0) is 23.6 Å². The van der Waals surface area contributed by atoms with Crippen molar-refractivity contribution >= 4 is 34.2 Å². The van der Waals surface area contributed by atoms with Crippen molar-refractivity contribution in [3.8, 4) is 12.3 Å². The number of benzene rings is 1. The maximum Gasteiger partial charge on any atom is 0.200 e. The third kappa shape index (κ3) is 5.48. The van der Waals surface area contributed by atoms with Crippen LogP contribution >= 0.6 is 34.2 Å². The Kier molecular flexibility index (Phi) is 7.50. The van der Waals surface area contributed by atoms with E-state index in [0.717, 1.165) is 22.5 Å². The number of likely N-dealkylation sites (N-methyl/N-ethyl adjacent to an activating group) is 1. The number of halogens is 3. The largest absolute Gasteiger partial charge is 1.00 e. The summed E-state index contributed by atoms with van der Waals surface area (Å²) in [4.78, 5) is 0. The fourth-order valence-electron chi connectivity index (χ4n) is 1.38. The van der Waals surface area contributed by atoms with E-state index in [1.165, 1.54) is 5.56 Å². The van der Waals surface area contributed by atoms with Gasteiger partial charge in [0, 0.05) is 34.0 Å². The second kappa shape index (κ2) is 7.48. The Bertz CT molecular complexity index is 381. The number of hydrogen-bond donors (Lipinski definition) is 0. The highest BCUT2D eigenvalue weighted by molar-refractivity contribution is 14.1. The van der Waals surface area contributed by atoms with Gasteiger partial charge < -0.3 is 16.9 Å². The summed E-state index contributed by atoms with van der Waals surface area (Å²) in [5.41, 5.74) is 1.30. The first-order valence-corrected chi connectivity index (χ1v) is 6.75. The van der Waals surface area contributed by atoms with E-state index in [9.17, 15) is 0 Å². The zero-order valence-electron chi connectivity index (χ0n) is 9.96. The zero-order chi connectivity index (χ0) is 12.2. The standard InChI is InChI=1S/C13H16ClIN.ClH/c1-4-13(15)16(2,3)10-9-11-5-7-12(14)8-6-11;/h1,5-8,13H,9-10H2,2-3H3;1H/q+1;/p-1. The first-order valence-electron chi connectivity index (χ1n) is 5.13. The van der Waals surface area contributed by atoms with Gasteiger partial charge >= 0.3 is 0 Å². The summed E-state index contributed by atoms with van der Waals surface area (Å²) < 4.78 is 1.05. The molecule has 1 nitrogen and oxygen atoms in total. The van der Waals surface area contributed by atoms with Gasteiger partial charge in [-0.2, -0.15) is 0 Å². The van der Waals surface area contributed by atoms with Crippen LogP contribution in [-0.2, 0) is 6.42 Å². The van der Waals surface area contributed by atoms with Crippen LogP contribution in [0.4, 0.5) is 0 Å². The van der Waals surface area contributed by atoms with Crippen molar-refractivity contribution in [1.82, 2.24) is 0 Å². The molecule has 1 aromatic carbocycles. The number of alkyl halides is 1. The first kappa shape index (κ1) is 17.1. The van der Waals surface area contributed by atoms with E-state index in [0.29, 0.717) is 0 Å². The number of quaternary nitrogens is 1. The smallest absolute Gasteiger partial charge is 0.200 e. The summed E-state index contributed by atoms with van der Waals surface area (Å²) >= 11 is 8.15. The number of hydrogen-bond acceptors (Lipinski definition) is 0. The minimum atomic E-state index is 0. The Labute approximate surface area is 129 Å². The molecule has 0 radical (unpaired) electrons.